The molecular formula is C42H54N2O12. The Morgan fingerprint density at radius 1 is 0.946 bits per heavy atom. The number of aliphatic hydroxyl groups is 3. The van der Waals surface area contributed by atoms with E-state index in [4.69, 9.17) is 18.9 Å². The summed E-state index contributed by atoms with van der Waals surface area (Å²) in [7, 11) is 1.44. The van der Waals surface area contributed by atoms with E-state index in [0.29, 0.717) is 6.54 Å². The number of phenolic OH excluding ortho intramolecular Hbond substituents is 1. The molecule has 1 aromatic rings. The molecule has 14 nitrogen and oxygen atoms in total. The van der Waals surface area contributed by atoms with Gasteiger partial charge in [-0.05, 0) is 33.8 Å². The monoisotopic (exact) mass is 778 g/mol. The van der Waals surface area contributed by atoms with Crippen molar-refractivity contribution in [1.29, 1.82) is 0 Å². The molecule has 0 fully saturated rings. The molecule has 0 aromatic heterocycles. The van der Waals surface area contributed by atoms with E-state index < -0.39 is 95.0 Å². The van der Waals surface area contributed by atoms with Gasteiger partial charge in [-0.2, -0.15) is 0 Å². The second-order valence-corrected chi connectivity index (χ2v) is 15.4. The van der Waals surface area contributed by atoms with Crippen LogP contribution >= 0.6 is 0 Å². The number of carbonyl (C=O) groups excluding carboxylic acids is 4. The largest absolute Gasteiger partial charge is 0.507 e. The molecule has 1 amide bonds. The Labute approximate surface area is 327 Å². The maximum absolute atomic E-state index is 14.6. The van der Waals surface area contributed by atoms with Gasteiger partial charge in [-0.15, -0.1) is 0 Å². The molecule has 1 aliphatic carbocycles. The van der Waals surface area contributed by atoms with Crippen LogP contribution in [-0.4, -0.2) is 104 Å². The minimum absolute atomic E-state index is 0.0603. The molecule has 6 rings (SSSR count). The number of rotatable bonds is 3. The summed E-state index contributed by atoms with van der Waals surface area (Å²) in [5.41, 5.74) is -0.687. The van der Waals surface area contributed by atoms with E-state index in [1.165, 1.54) is 51.3 Å². The summed E-state index contributed by atoms with van der Waals surface area (Å²) in [5.74, 6) is -8.28. The van der Waals surface area contributed by atoms with Gasteiger partial charge in [-0.3, -0.25) is 24.1 Å². The van der Waals surface area contributed by atoms with Crippen LogP contribution in [0, 0.1) is 30.6 Å². The molecule has 1 aromatic carbocycles. The number of benzene rings is 1. The van der Waals surface area contributed by atoms with Crippen molar-refractivity contribution >= 4 is 29.2 Å². The molecule has 0 radical (unpaired) electrons. The van der Waals surface area contributed by atoms with Crippen molar-refractivity contribution in [2.75, 3.05) is 13.7 Å². The molecule has 7 bridgehead atoms. The maximum Gasteiger partial charge on any atom is 0.312 e. The van der Waals surface area contributed by atoms with Crippen LogP contribution in [0.3, 0.4) is 0 Å². The van der Waals surface area contributed by atoms with Gasteiger partial charge in [0.05, 0.1) is 46.8 Å². The number of allylic oxidation sites excluding steroid dienone is 3. The summed E-state index contributed by atoms with van der Waals surface area (Å²) < 4.78 is 23.5. The fourth-order valence-corrected chi connectivity index (χ4v) is 8.17. The normalized spacial score (nSPS) is 34.1. The number of carbonyl (C=O) groups is 4. The summed E-state index contributed by atoms with van der Waals surface area (Å²) in [6.07, 6.45) is 4.54. The van der Waals surface area contributed by atoms with Gasteiger partial charge in [-0.25, -0.2) is 0 Å². The van der Waals surface area contributed by atoms with Crippen LogP contribution in [0.2, 0.25) is 0 Å². The molecule has 10 unspecified atom stereocenters. The summed E-state index contributed by atoms with van der Waals surface area (Å²) in [4.78, 5) is 58.6. The Bertz CT molecular complexity index is 1960. The molecule has 10 atom stereocenters. The lowest BCUT2D eigenvalue weighted by Gasteiger charge is -2.44. The second-order valence-electron chi connectivity index (χ2n) is 15.4. The highest BCUT2D eigenvalue weighted by atomic mass is 16.7. The van der Waals surface area contributed by atoms with Crippen molar-refractivity contribution in [1.82, 2.24) is 9.80 Å². The van der Waals surface area contributed by atoms with Crippen molar-refractivity contribution in [2.45, 2.75) is 106 Å². The van der Waals surface area contributed by atoms with E-state index in [1.54, 1.807) is 64.7 Å². The number of aliphatic hydroxyl groups excluding tert-OH is 3. The predicted octanol–water partition coefficient (Wildman–Crippen LogP) is 5.07. The molecule has 304 valence electrons. The molecule has 0 saturated carbocycles. The van der Waals surface area contributed by atoms with Gasteiger partial charge >= 0.3 is 11.8 Å². The van der Waals surface area contributed by atoms with Gasteiger partial charge in [0.15, 0.2) is 11.5 Å². The van der Waals surface area contributed by atoms with Gasteiger partial charge in [0.1, 0.15) is 29.5 Å². The van der Waals surface area contributed by atoms with Gasteiger partial charge in [-0.1, -0.05) is 45.9 Å². The SMILES string of the molecule is CCN1C=C2C(=O)c3c4c(O)c(C)c5c3C(=O)C(C)(O/C=C\C(OC)C(C)C(OC(C)=O)C(C)C(O)C(C)C(O)C(C)C=C/C=C(\C)C(=O)N(C2=C4O)C1C)O5. The van der Waals surface area contributed by atoms with Crippen LogP contribution in [0.25, 0.3) is 5.76 Å². The number of phenols is 1. The Hall–Kier alpha value is -4.92. The molecule has 0 spiro atoms. The fraction of sp³-hybridized carbons (Fsp3) is 0.524. The third-order valence-electron chi connectivity index (χ3n) is 11.7. The number of ketones is 2. The Morgan fingerprint density at radius 2 is 1.61 bits per heavy atom. The first-order chi connectivity index (χ1) is 26.2. The molecular weight excluding hydrogens is 724 g/mol. The lowest BCUT2D eigenvalue weighted by Crippen LogP contribution is -2.52. The van der Waals surface area contributed by atoms with Crippen molar-refractivity contribution in [3.05, 3.63) is 75.9 Å². The quantitative estimate of drug-likeness (QED) is 0.298. The lowest BCUT2D eigenvalue weighted by atomic mass is 9.78. The Kier molecular flexibility index (Phi) is 12.0. The van der Waals surface area contributed by atoms with E-state index in [2.05, 4.69) is 0 Å². The molecule has 5 aliphatic rings. The summed E-state index contributed by atoms with van der Waals surface area (Å²) >= 11 is 0. The van der Waals surface area contributed by atoms with Gasteiger partial charge < -0.3 is 44.3 Å². The molecule has 0 saturated heterocycles. The average Bonchev–Trinajstić information content (AvgIpc) is 3.42. The van der Waals surface area contributed by atoms with E-state index in [0.717, 1.165) is 0 Å². The number of fused-ring (bicyclic) bond motifs is 12. The lowest BCUT2D eigenvalue weighted by molar-refractivity contribution is -0.160. The number of hydrogen-bond donors (Lipinski definition) is 4. The van der Waals surface area contributed by atoms with Crippen LogP contribution in [-0.2, 0) is 23.8 Å². The summed E-state index contributed by atoms with van der Waals surface area (Å²) in [6.45, 7) is 16.6. The number of amides is 1. The van der Waals surface area contributed by atoms with Crippen LogP contribution in [0.5, 0.6) is 11.5 Å². The topological polar surface area (TPSA) is 193 Å². The summed E-state index contributed by atoms with van der Waals surface area (Å²) in [5, 5.41) is 46.5. The molecule has 4 aliphatic heterocycles. The number of aromatic hydroxyl groups is 1. The fourth-order valence-electron chi connectivity index (χ4n) is 8.17. The molecule has 14 heteroatoms. The number of methoxy groups -OCH3 is 1. The van der Waals surface area contributed by atoms with Crippen molar-refractivity contribution in [3.8, 4) is 11.5 Å². The molecule has 4 heterocycles. The second kappa shape index (κ2) is 15.9. The Balaban J connectivity index is 1.72. The van der Waals surface area contributed by atoms with E-state index in [1.807, 2.05) is 6.92 Å². The molecule has 4 N–H and O–H groups in total. The number of hydrogen-bond acceptors (Lipinski definition) is 13. The standard InChI is InChI=1S/C42H54N2O12/c1-12-43-18-27-32-37(50)30-29(36(27)49)31-39(24(7)35(30)48)56-42(10,40(31)51)54-17-16-28(53-11)21(4)38(55-26(9)45)23(6)34(47)22(5)33(46)19(2)14-13-15-20(3)41(52)44(32)25(43)8/h13-19,21-23,25,28,33-34,38,46-48,50H,12H2,1-11H3/b14-13?,17-16-,20-15+. The predicted molar refractivity (Wildman–Crippen MR) is 205 cm³/mol. The third kappa shape index (κ3) is 7.03. The average molecular weight is 779 g/mol. The van der Waals surface area contributed by atoms with E-state index in [-0.39, 0.29) is 44.8 Å². The van der Waals surface area contributed by atoms with Crippen LogP contribution < -0.4 is 4.74 Å². The first-order valence-corrected chi connectivity index (χ1v) is 18.9. The van der Waals surface area contributed by atoms with Crippen LogP contribution in [0.1, 0.15) is 94.2 Å². The highest BCUT2D eigenvalue weighted by Crippen LogP contribution is 2.52. The van der Waals surface area contributed by atoms with Gasteiger partial charge in [0.2, 0.25) is 0 Å². The third-order valence-corrected chi connectivity index (χ3v) is 11.7. The van der Waals surface area contributed by atoms with Crippen molar-refractivity contribution in [3.63, 3.8) is 0 Å². The highest BCUT2D eigenvalue weighted by Gasteiger charge is 2.53. The smallest absolute Gasteiger partial charge is 0.312 e. The van der Waals surface area contributed by atoms with E-state index in [9.17, 15) is 39.6 Å². The molecule has 56 heavy (non-hydrogen) atoms. The first-order valence-electron chi connectivity index (χ1n) is 18.9. The van der Waals surface area contributed by atoms with Gasteiger partial charge in [0, 0.05) is 68.5 Å². The van der Waals surface area contributed by atoms with Crippen molar-refractivity contribution in [2.24, 2.45) is 23.7 Å². The zero-order valence-electron chi connectivity index (χ0n) is 33.8. The van der Waals surface area contributed by atoms with E-state index >= 15 is 0 Å². The minimum Gasteiger partial charge on any atom is -0.507 e. The number of nitrogens with zero attached hydrogens (tertiary/aromatic N) is 2. The highest BCUT2D eigenvalue weighted by molar-refractivity contribution is 6.26. The first kappa shape index (κ1) is 42.2. The summed E-state index contributed by atoms with van der Waals surface area (Å²) in [6, 6.07) is 0. The van der Waals surface area contributed by atoms with Crippen LogP contribution in [0.4, 0.5) is 0 Å². The van der Waals surface area contributed by atoms with Crippen molar-refractivity contribution < 1.29 is 58.6 Å². The van der Waals surface area contributed by atoms with Crippen LogP contribution in [0.15, 0.2) is 53.6 Å². The zero-order chi connectivity index (χ0) is 41.7. The zero-order valence-corrected chi connectivity index (χ0v) is 33.8. The maximum atomic E-state index is 14.6. The minimum atomic E-state index is -2.04. The number of ether oxygens (including phenoxy) is 4. The Morgan fingerprint density at radius 3 is 2.21 bits per heavy atom. The number of Topliss-reactive ketones (excluding diaryl/α,β-unsaturated/α-hetero) is 2. The number of esters is 1. The van der Waals surface area contributed by atoms with Gasteiger partial charge in [0.25, 0.3) is 11.7 Å².